The van der Waals surface area contributed by atoms with E-state index in [9.17, 15) is 4.21 Å². The lowest BCUT2D eigenvalue weighted by molar-refractivity contribution is 0.408. The lowest BCUT2D eigenvalue weighted by Crippen LogP contribution is -2.19. The second kappa shape index (κ2) is 6.58. The molecule has 1 aromatic rings. The van der Waals surface area contributed by atoms with Gasteiger partial charge in [0.05, 0.1) is 7.11 Å². The first-order valence-electron chi connectivity index (χ1n) is 4.86. The van der Waals surface area contributed by atoms with Crippen molar-refractivity contribution in [2.45, 2.75) is 6.54 Å². The molecule has 0 aliphatic rings. The fraction of sp³-hybridized carbons (Fsp3) is 0.455. The van der Waals surface area contributed by atoms with Crippen LogP contribution in [0.1, 0.15) is 5.56 Å². The Morgan fingerprint density at radius 2 is 2.13 bits per heavy atom. The number of nitrogens with one attached hydrogen (secondary N) is 1. The highest BCUT2D eigenvalue weighted by atomic mass is 32.2. The fourth-order valence-electron chi connectivity index (χ4n) is 1.29. The van der Waals surface area contributed by atoms with E-state index in [0.717, 1.165) is 24.4 Å². The number of benzene rings is 1. The normalized spacial score (nSPS) is 12.4. The number of rotatable bonds is 6. The Kier molecular flexibility index (Phi) is 5.36. The van der Waals surface area contributed by atoms with Crippen LogP contribution in [0, 0.1) is 0 Å². The van der Waals surface area contributed by atoms with E-state index >= 15 is 0 Å². The summed E-state index contributed by atoms with van der Waals surface area (Å²) >= 11 is 0. The maximum absolute atomic E-state index is 10.8. The molecule has 0 aromatic heterocycles. The summed E-state index contributed by atoms with van der Waals surface area (Å²) in [7, 11) is 0.942. The predicted molar refractivity (Wildman–Crippen MR) is 63.6 cm³/mol. The van der Waals surface area contributed by atoms with Crippen LogP contribution in [0.5, 0.6) is 5.75 Å². The van der Waals surface area contributed by atoms with Crippen molar-refractivity contribution in [3.8, 4) is 5.75 Å². The van der Waals surface area contributed by atoms with Gasteiger partial charge >= 0.3 is 0 Å². The molecule has 0 heterocycles. The van der Waals surface area contributed by atoms with Gasteiger partial charge in [0.25, 0.3) is 0 Å². The van der Waals surface area contributed by atoms with Crippen LogP contribution >= 0.6 is 0 Å². The third-order valence-electron chi connectivity index (χ3n) is 2.07. The summed E-state index contributed by atoms with van der Waals surface area (Å²) in [5.41, 5.74) is 1.13. The van der Waals surface area contributed by atoms with Crippen molar-refractivity contribution in [3.05, 3.63) is 29.8 Å². The van der Waals surface area contributed by atoms with Gasteiger partial charge in [-0.1, -0.05) is 18.2 Å². The Hall–Kier alpha value is -0.870. The maximum atomic E-state index is 10.8. The summed E-state index contributed by atoms with van der Waals surface area (Å²) in [6.07, 6.45) is 1.71. The van der Waals surface area contributed by atoms with Crippen molar-refractivity contribution in [2.24, 2.45) is 0 Å². The highest BCUT2D eigenvalue weighted by molar-refractivity contribution is 7.84. The molecular weight excluding hydrogens is 210 g/mol. The zero-order chi connectivity index (χ0) is 11.1. The van der Waals surface area contributed by atoms with Crippen LogP contribution in [0.3, 0.4) is 0 Å². The Morgan fingerprint density at radius 3 is 2.80 bits per heavy atom. The SMILES string of the molecule is COc1ccccc1CNCCS(C)=O. The molecule has 1 aromatic carbocycles. The van der Waals surface area contributed by atoms with Crippen molar-refractivity contribution < 1.29 is 8.95 Å². The molecule has 84 valence electrons. The van der Waals surface area contributed by atoms with Gasteiger partial charge in [0.15, 0.2) is 0 Å². The summed E-state index contributed by atoms with van der Waals surface area (Å²) in [4.78, 5) is 0. The van der Waals surface area contributed by atoms with Gasteiger partial charge in [0, 0.05) is 41.5 Å². The zero-order valence-electron chi connectivity index (χ0n) is 9.16. The molecule has 0 spiro atoms. The largest absolute Gasteiger partial charge is 0.496 e. The second-order valence-electron chi connectivity index (χ2n) is 3.27. The van der Waals surface area contributed by atoms with Crippen LogP contribution in [-0.2, 0) is 17.3 Å². The fourth-order valence-corrected chi connectivity index (χ4v) is 1.72. The van der Waals surface area contributed by atoms with Crippen LogP contribution < -0.4 is 10.1 Å². The van der Waals surface area contributed by atoms with Crippen LogP contribution in [0.4, 0.5) is 0 Å². The molecule has 15 heavy (non-hydrogen) atoms. The summed E-state index contributed by atoms with van der Waals surface area (Å²) in [6.45, 7) is 1.52. The summed E-state index contributed by atoms with van der Waals surface area (Å²) in [5.74, 6) is 1.58. The molecule has 0 bridgehead atoms. The van der Waals surface area contributed by atoms with Gasteiger partial charge in [0.1, 0.15) is 5.75 Å². The van der Waals surface area contributed by atoms with E-state index in [4.69, 9.17) is 4.74 Å². The van der Waals surface area contributed by atoms with Crippen molar-refractivity contribution >= 4 is 10.8 Å². The number of para-hydroxylation sites is 1. The van der Waals surface area contributed by atoms with Gasteiger partial charge in [-0.15, -0.1) is 0 Å². The molecule has 1 atom stereocenters. The number of hydrogen-bond donors (Lipinski definition) is 1. The molecule has 0 amide bonds. The monoisotopic (exact) mass is 227 g/mol. The molecule has 1 unspecified atom stereocenters. The number of ether oxygens (including phenoxy) is 1. The molecule has 0 radical (unpaired) electrons. The van der Waals surface area contributed by atoms with E-state index in [1.54, 1.807) is 13.4 Å². The first-order valence-corrected chi connectivity index (χ1v) is 6.59. The van der Waals surface area contributed by atoms with Crippen LogP contribution in [0.15, 0.2) is 24.3 Å². The van der Waals surface area contributed by atoms with Gasteiger partial charge in [-0.05, 0) is 6.07 Å². The Morgan fingerprint density at radius 1 is 1.40 bits per heavy atom. The summed E-state index contributed by atoms with van der Waals surface area (Å²) in [6, 6.07) is 7.89. The number of hydrogen-bond acceptors (Lipinski definition) is 3. The van der Waals surface area contributed by atoms with E-state index in [-0.39, 0.29) is 0 Å². The molecule has 0 aliphatic heterocycles. The van der Waals surface area contributed by atoms with Gasteiger partial charge in [-0.3, -0.25) is 4.21 Å². The average Bonchev–Trinajstić information content (AvgIpc) is 2.24. The van der Waals surface area contributed by atoms with Crippen molar-refractivity contribution in [2.75, 3.05) is 25.7 Å². The molecule has 0 saturated carbocycles. The summed E-state index contributed by atoms with van der Waals surface area (Å²) in [5, 5.41) is 3.23. The smallest absolute Gasteiger partial charge is 0.123 e. The van der Waals surface area contributed by atoms with Gasteiger partial charge in [0.2, 0.25) is 0 Å². The Balaban J connectivity index is 2.39. The zero-order valence-corrected chi connectivity index (χ0v) is 9.97. The van der Waals surface area contributed by atoms with Crippen LogP contribution in [0.2, 0.25) is 0 Å². The lowest BCUT2D eigenvalue weighted by atomic mass is 10.2. The van der Waals surface area contributed by atoms with Crippen molar-refractivity contribution in [1.82, 2.24) is 5.32 Å². The molecular formula is C11H17NO2S. The van der Waals surface area contributed by atoms with E-state index in [2.05, 4.69) is 5.32 Å². The molecule has 3 nitrogen and oxygen atoms in total. The summed E-state index contributed by atoms with van der Waals surface area (Å²) < 4.78 is 16.0. The van der Waals surface area contributed by atoms with Crippen LogP contribution in [-0.4, -0.2) is 29.9 Å². The van der Waals surface area contributed by atoms with Crippen molar-refractivity contribution in [3.63, 3.8) is 0 Å². The van der Waals surface area contributed by atoms with Crippen LogP contribution in [0.25, 0.3) is 0 Å². The topological polar surface area (TPSA) is 38.3 Å². The molecule has 1 N–H and O–H groups in total. The lowest BCUT2D eigenvalue weighted by Gasteiger charge is -2.08. The third-order valence-corrected chi connectivity index (χ3v) is 2.85. The van der Waals surface area contributed by atoms with E-state index < -0.39 is 10.8 Å². The van der Waals surface area contributed by atoms with Gasteiger partial charge in [-0.25, -0.2) is 0 Å². The standard InChI is InChI=1S/C11H17NO2S/c1-14-11-6-4-3-5-10(11)9-12-7-8-15(2)13/h3-6,12H,7-9H2,1-2H3. The molecule has 0 fully saturated rings. The van der Waals surface area contributed by atoms with Gasteiger partial charge < -0.3 is 10.1 Å². The highest BCUT2D eigenvalue weighted by Crippen LogP contribution is 2.16. The highest BCUT2D eigenvalue weighted by Gasteiger charge is 2.00. The predicted octanol–water partition coefficient (Wildman–Crippen LogP) is 1.16. The Labute approximate surface area is 93.3 Å². The van der Waals surface area contributed by atoms with Gasteiger partial charge in [-0.2, -0.15) is 0 Å². The number of methoxy groups -OCH3 is 1. The minimum absolute atomic E-state index is 0.690. The minimum atomic E-state index is -0.724. The quantitative estimate of drug-likeness (QED) is 0.741. The van der Waals surface area contributed by atoms with E-state index in [1.807, 2.05) is 24.3 Å². The average molecular weight is 227 g/mol. The molecule has 0 aliphatic carbocycles. The van der Waals surface area contributed by atoms with E-state index in [0.29, 0.717) is 5.75 Å². The maximum Gasteiger partial charge on any atom is 0.123 e. The second-order valence-corrected chi connectivity index (χ2v) is 4.82. The van der Waals surface area contributed by atoms with E-state index in [1.165, 1.54) is 0 Å². The first kappa shape index (κ1) is 12.2. The third kappa shape index (κ3) is 4.44. The van der Waals surface area contributed by atoms with Crippen molar-refractivity contribution in [1.29, 1.82) is 0 Å². The Bertz CT molecular complexity index is 328. The molecule has 4 heteroatoms. The molecule has 0 saturated heterocycles. The molecule has 1 rings (SSSR count). The minimum Gasteiger partial charge on any atom is -0.496 e. The first-order chi connectivity index (χ1) is 7.24.